The number of hydrogen-bond donors (Lipinski definition) is 3. The minimum Gasteiger partial charge on any atom is -0.507 e. The number of rotatable bonds is 9. The molecule has 0 fully saturated rings. The number of aliphatic carboxylic acids is 1. The number of aliphatic hydroxyl groups is 1. The van der Waals surface area contributed by atoms with Gasteiger partial charge in [-0.1, -0.05) is 0 Å². The molecule has 1 unspecified atom stereocenters. The molecule has 23 heavy (non-hydrogen) atoms. The molecule has 1 aromatic carbocycles. The van der Waals surface area contributed by atoms with Gasteiger partial charge in [-0.05, 0) is 70.1 Å². The summed E-state index contributed by atoms with van der Waals surface area (Å²) in [4.78, 5) is 10.5. The smallest absolute Gasteiger partial charge is 0.303 e. The van der Waals surface area contributed by atoms with Crippen molar-refractivity contribution in [2.24, 2.45) is 0 Å². The van der Waals surface area contributed by atoms with Crippen LogP contribution in [0.4, 0.5) is 0 Å². The minimum atomic E-state index is -0.796. The lowest BCUT2D eigenvalue weighted by Crippen LogP contribution is -2.09. The van der Waals surface area contributed by atoms with Crippen LogP contribution >= 0.6 is 0 Å². The normalized spacial score (nSPS) is 12.2. The fourth-order valence-electron chi connectivity index (χ4n) is 2.57. The van der Waals surface area contributed by atoms with Gasteiger partial charge in [0.1, 0.15) is 11.5 Å². The molecule has 1 atom stereocenters. The van der Waals surface area contributed by atoms with Crippen LogP contribution in [-0.2, 0) is 11.2 Å². The molecule has 3 N–H and O–H groups in total. The summed E-state index contributed by atoms with van der Waals surface area (Å²) >= 11 is 0. The van der Waals surface area contributed by atoms with Crippen molar-refractivity contribution in [2.75, 3.05) is 6.61 Å². The third kappa shape index (κ3) is 5.43. The predicted molar refractivity (Wildman–Crippen MR) is 89.3 cm³/mol. The first-order valence-corrected chi connectivity index (χ1v) is 8.10. The van der Waals surface area contributed by atoms with E-state index in [1.165, 1.54) is 0 Å². The highest BCUT2D eigenvalue weighted by molar-refractivity contribution is 5.66. The van der Waals surface area contributed by atoms with E-state index < -0.39 is 12.1 Å². The zero-order valence-corrected chi connectivity index (χ0v) is 14.5. The molecule has 5 nitrogen and oxygen atoms in total. The van der Waals surface area contributed by atoms with Crippen LogP contribution in [0.2, 0.25) is 0 Å². The summed E-state index contributed by atoms with van der Waals surface area (Å²) in [6.07, 6.45) is 2.20. The van der Waals surface area contributed by atoms with Crippen LogP contribution in [-0.4, -0.2) is 34.0 Å². The summed E-state index contributed by atoms with van der Waals surface area (Å²) in [6, 6.07) is 0. The van der Waals surface area contributed by atoms with Crippen molar-refractivity contribution in [3.8, 4) is 11.5 Å². The highest BCUT2D eigenvalue weighted by atomic mass is 16.5. The number of carboxylic acid groups (broad SMARTS) is 1. The van der Waals surface area contributed by atoms with Gasteiger partial charge in [0.2, 0.25) is 0 Å². The fourth-order valence-corrected chi connectivity index (χ4v) is 2.57. The van der Waals surface area contributed by atoms with E-state index >= 15 is 0 Å². The second-order valence-electron chi connectivity index (χ2n) is 6.12. The number of carboxylic acids is 1. The monoisotopic (exact) mass is 324 g/mol. The van der Waals surface area contributed by atoms with E-state index in [9.17, 15) is 15.0 Å². The number of ether oxygens (including phenoxy) is 1. The van der Waals surface area contributed by atoms with E-state index in [0.29, 0.717) is 32.3 Å². The number of unbranched alkanes of at least 4 members (excludes halogenated alkanes) is 1. The van der Waals surface area contributed by atoms with E-state index in [2.05, 4.69) is 0 Å². The number of aromatic hydroxyl groups is 1. The summed E-state index contributed by atoms with van der Waals surface area (Å²) in [6.45, 7) is 7.80. The first-order valence-electron chi connectivity index (χ1n) is 8.10. The zero-order chi connectivity index (χ0) is 17.6. The molecule has 0 bridgehead atoms. The average molecular weight is 324 g/mol. The average Bonchev–Trinajstić information content (AvgIpc) is 2.48. The van der Waals surface area contributed by atoms with Gasteiger partial charge in [-0.3, -0.25) is 4.79 Å². The second kappa shape index (κ2) is 8.77. The molecule has 1 aromatic rings. The van der Waals surface area contributed by atoms with Crippen molar-refractivity contribution in [3.05, 3.63) is 22.3 Å². The van der Waals surface area contributed by atoms with Gasteiger partial charge in [-0.25, -0.2) is 0 Å². The highest BCUT2D eigenvalue weighted by Gasteiger charge is 2.18. The first kappa shape index (κ1) is 19.3. The van der Waals surface area contributed by atoms with Crippen molar-refractivity contribution < 1.29 is 24.9 Å². The van der Waals surface area contributed by atoms with Gasteiger partial charge in [0.05, 0.1) is 12.7 Å². The number of phenols is 1. The first-order chi connectivity index (χ1) is 10.8. The molecule has 0 saturated heterocycles. The Morgan fingerprint density at radius 2 is 1.78 bits per heavy atom. The summed E-state index contributed by atoms with van der Waals surface area (Å²) in [5.41, 5.74) is 3.40. The minimum absolute atomic E-state index is 0.144. The van der Waals surface area contributed by atoms with Gasteiger partial charge < -0.3 is 20.1 Å². The van der Waals surface area contributed by atoms with Crippen molar-refractivity contribution in [2.45, 2.75) is 65.9 Å². The maximum atomic E-state index is 10.5. The van der Waals surface area contributed by atoms with Crippen LogP contribution in [0.15, 0.2) is 0 Å². The molecule has 0 aromatic heterocycles. The largest absolute Gasteiger partial charge is 0.507 e. The van der Waals surface area contributed by atoms with Crippen molar-refractivity contribution in [1.29, 1.82) is 0 Å². The highest BCUT2D eigenvalue weighted by Crippen LogP contribution is 2.38. The van der Waals surface area contributed by atoms with Crippen molar-refractivity contribution in [3.63, 3.8) is 0 Å². The van der Waals surface area contributed by atoms with E-state index in [1.54, 1.807) is 6.92 Å². The Bertz CT molecular complexity index is 549. The Labute approximate surface area is 137 Å². The van der Waals surface area contributed by atoms with Crippen LogP contribution in [0.1, 0.15) is 54.9 Å². The Hall–Kier alpha value is -1.75. The molecular weight excluding hydrogens is 296 g/mol. The summed E-state index contributed by atoms with van der Waals surface area (Å²) in [7, 11) is 0. The Morgan fingerprint density at radius 3 is 2.35 bits per heavy atom. The van der Waals surface area contributed by atoms with Crippen LogP contribution in [0, 0.1) is 20.8 Å². The van der Waals surface area contributed by atoms with E-state index in [4.69, 9.17) is 9.84 Å². The number of aliphatic hydroxyl groups excluding tert-OH is 1. The molecular formula is C18H28O5. The topological polar surface area (TPSA) is 87.0 Å². The van der Waals surface area contributed by atoms with Gasteiger partial charge in [-0.15, -0.1) is 0 Å². The maximum Gasteiger partial charge on any atom is 0.303 e. The summed E-state index contributed by atoms with van der Waals surface area (Å²) < 4.78 is 5.91. The number of carbonyl (C=O) groups is 1. The Kier molecular flexibility index (Phi) is 7.36. The number of benzene rings is 1. The quantitative estimate of drug-likeness (QED) is 0.607. The molecule has 5 heteroatoms. The predicted octanol–water partition coefficient (Wildman–Crippen LogP) is 3.26. The molecule has 0 amide bonds. The molecule has 0 aliphatic carbocycles. The molecule has 0 aliphatic rings. The van der Waals surface area contributed by atoms with Gasteiger partial charge in [0, 0.05) is 12.0 Å². The van der Waals surface area contributed by atoms with E-state index in [-0.39, 0.29) is 12.2 Å². The Morgan fingerprint density at radius 1 is 1.13 bits per heavy atom. The lowest BCUT2D eigenvalue weighted by molar-refractivity contribution is -0.137. The maximum absolute atomic E-state index is 10.5. The molecule has 1 rings (SSSR count). The zero-order valence-electron chi connectivity index (χ0n) is 14.5. The second-order valence-corrected chi connectivity index (χ2v) is 6.12. The number of hydrogen-bond acceptors (Lipinski definition) is 4. The molecule has 0 heterocycles. The molecule has 130 valence electrons. The molecule has 0 radical (unpaired) electrons. The summed E-state index contributed by atoms with van der Waals surface area (Å²) in [5, 5.41) is 28.4. The van der Waals surface area contributed by atoms with Gasteiger partial charge in [0.25, 0.3) is 0 Å². The van der Waals surface area contributed by atoms with Crippen LogP contribution < -0.4 is 4.74 Å². The van der Waals surface area contributed by atoms with Gasteiger partial charge in [0.15, 0.2) is 0 Å². The lowest BCUT2D eigenvalue weighted by Gasteiger charge is -2.20. The van der Waals surface area contributed by atoms with Crippen LogP contribution in [0.25, 0.3) is 0 Å². The molecule has 0 saturated carbocycles. The fraction of sp³-hybridized carbons (Fsp3) is 0.611. The summed E-state index contributed by atoms with van der Waals surface area (Å²) in [5.74, 6) is 0.241. The number of phenolic OH excluding ortho intramolecular Hbond substituents is 1. The lowest BCUT2D eigenvalue weighted by atomic mass is 9.94. The van der Waals surface area contributed by atoms with Crippen molar-refractivity contribution >= 4 is 5.97 Å². The SMILES string of the molecule is Cc1c(C)c(OCCCCC(=O)O)c(CCC(C)O)c(C)c1O. The van der Waals surface area contributed by atoms with E-state index in [0.717, 1.165) is 28.0 Å². The van der Waals surface area contributed by atoms with E-state index in [1.807, 2.05) is 20.8 Å². The standard InChI is InChI=1S/C18H28O5/c1-11(19)8-9-15-14(4)17(22)12(2)13(3)18(15)23-10-6-5-7-16(20)21/h11,19,22H,5-10H2,1-4H3,(H,20,21). The van der Waals surface area contributed by atoms with Crippen LogP contribution in [0.5, 0.6) is 11.5 Å². The molecule has 0 aliphatic heterocycles. The third-order valence-electron chi connectivity index (χ3n) is 4.18. The molecule has 0 spiro atoms. The third-order valence-corrected chi connectivity index (χ3v) is 4.18. The van der Waals surface area contributed by atoms with Gasteiger partial charge >= 0.3 is 5.97 Å². The van der Waals surface area contributed by atoms with Gasteiger partial charge in [-0.2, -0.15) is 0 Å². The van der Waals surface area contributed by atoms with Crippen LogP contribution in [0.3, 0.4) is 0 Å². The van der Waals surface area contributed by atoms with Crippen molar-refractivity contribution in [1.82, 2.24) is 0 Å². The Balaban J connectivity index is 2.91.